The van der Waals surface area contributed by atoms with E-state index in [1.165, 1.54) is 5.56 Å². The van der Waals surface area contributed by atoms with Crippen LogP contribution in [0.5, 0.6) is 5.75 Å². The zero-order chi connectivity index (χ0) is 20.9. The second-order valence-corrected chi connectivity index (χ2v) is 7.09. The zero-order valence-corrected chi connectivity index (χ0v) is 16.8. The van der Waals surface area contributed by atoms with Gasteiger partial charge in [-0.15, -0.1) is 0 Å². The molecule has 2 N–H and O–H groups in total. The first-order valence-electron chi connectivity index (χ1n) is 9.75. The number of nitrogen functional groups attached to an aromatic ring is 1. The predicted octanol–water partition coefficient (Wildman–Crippen LogP) is 5.51. The molecule has 1 heterocycles. The fourth-order valence-corrected chi connectivity index (χ4v) is 3.55. The van der Waals surface area contributed by atoms with Gasteiger partial charge in [0.1, 0.15) is 12.4 Å². The second-order valence-electron chi connectivity index (χ2n) is 7.09. The maximum atomic E-state index is 7.37. The number of benzene rings is 3. The number of hydrogen-bond donors (Lipinski definition) is 1. The maximum absolute atomic E-state index is 7.37. The zero-order valence-electron chi connectivity index (χ0n) is 16.8. The number of fused-ring (bicyclic) bond motifs is 1. The van der Waals surface area contributed by atoms with Crippen LogP contribution in [0, 0.1) is 6.57 Å². The summed E-state index contributed by atoms with van der Waals surface area (Å²) in [4.78, 5) is 3.60. The Morgan fingerprint density at radius 2 is 1.83 bits per heavy atom. The van der Waals surface area contributed by atoms with Gasteiger partial charge in [-0.25, -0.2) is 4.85 Å². The molecule has 0 aliphatic heterocycles. The average Bonchev–Trinajstić information content (AvgIpc) is 3.12. The number of aromatic nitrogens is 1. The van der Waals surface area contributed by atoms with E-state index in [0.29, 0.717) is 25.4 Å². The third kappa shape index (κ3) is 4.14. The predicted molar refractivity (Wildman–Crippen MR) is 121 cm³/mol. The lowest BCUT2D eigenvalue weighted by Crippen LogP contribution is -2.04. The van der Waals surface area contributed by atoms with E-state index < -0.39 is 0 Å². The lowest BCUT2D eigenvalue weighted by Gasteiger charge is -2.08. The monoisotopic (exact) mass is 397 g/mol. The Balaban J connectivity index is 1.68. The molecule has 0 fully saturated rings. The van der Waals surface area contributed by atoms with E-state index in [1.807, 2.05) is 54.6 Å². The molecule has 3 aromatic carbocycles. The van der Waals surface area contributed by atoms with Crippen molar-refractivity contribution >= 4 is 22.3 Å². The van der Waals surface area contributed by atoms with Gasteiger partial charge >= 0.3 is 0 Å². The Morgan fingerprint density at radius 3 is 2.57 bits per heavy atom. The van der Waals surface area contributed by atoms with E-state index in [2.05, 4.69) is 27.7 Å². The third-order valence-corrected chi connectivity index (χ3v) is 5.02. The lowest BCUT2D eigenvalue weighted by atomic mass is 10.0. The summed E-state index contributed by atoms with van der Waals surface area (Å²) in [7, 11) is 1.66. The number of rotatable bonds is 7. The van der Waals surface area contributed by atoms with E-state index in [0.717, 1.165) is 33.5 Å². The van der Waals surface area contributed by atoms with Crippen LogP contribution in [-0.2, 0) is 11.3 Å². The van der Waals surface area contributed by atoms with Gasteiger partial charge in [0.2, 0.25) is 0 Å². The Labute approximate surface area is 176 Å². The molecular formula is C25H23N3O2. The van der Waals surface area contributed by atoms with E-state index in [9.17, 15) is 0 Å². The summed E-state index contributed by atoms with van der Waals surface area (Å²) >= 11 is 0. The Morgan fingerprint density at radius 1 is 1.00 bits per heavy atom. The van der Waals surface area contributed by atoms with Crippen molar-refractivity contribution in [3.05, 3.63) is 89.9 Å². The summed E-state index contributed by atoms with van der Waals surface area (Å²) < 4.78 is 12.9. The summed E-state index contributed by atoms with van der Waals surface area (Å²) in [6, 6.07) is 21.8. The van der Waals surface area contributed by atoms with Crippen molar-refractivity contribution < 1.29 is 9.47 Å². The minimum Gasteiger partial charge on any atom is -0.491 e. The van der Waals surface area contributed by atoms with Gasteiger partial charge in [-0.3, -0.25) is 0 Å². The van der Waals surface area contributed by atoms with Crippen molar-refractivity contribution in [3.63, 3.8) is 0 Å². The molecule has 0 aliphatic carbocycles. The van der Waals surface area contributed by atoms with Gasteiger partial charge in [-0.05, 0) is 52.9 Å². The molecule has 1 aromatic heterocycles. The molecule has 0 amide bonds. The summed E-state index contributed by atoms with van der Waals surface area (Å²) in [6.07, 6.45) is 2.14. The lowest BCUT2D eigenvalue weighted by molar-refractivity contribution is 0.146. The molecule has 0 spiro atoms. The van der Waals surface area contributed by atoms with Crippen molar-refractivity contribution in [2.45, 2.75) is 6.54 Å². The van der Waals surface area contributed by atoms with Gasteiger partial charge in [0.15, 0.2) is 5.69 Å². The van der Waals surface area contributed by atoms with Crippen molar-refractivity contribution in [3.8, 4) is 16.9 Å². The standard InChI is InChI=1S/C25H23N3O2/c1-27-21-8-11-25-23(15-21)24(19-4-3-5-20(26)14-19)17-28(25)16-18-6-9-22(10-7-18)30-13-12-29-2/h3-11,14-15,17H,12-13,16,26H2,2H3. The highest BCUT2D eigenvalue weighted by atomic mass is 16.5. The topological polar surface area (TPSA) is 53.8 Å². The highest BCUT2D eigenvalue weighted by Gasteiger charge is 2.12. The van der Waals surface area contributed by atoms with E-state index in [1.54, 1.807) is 7.11 Å². The van der Waals surface area contributed by atoms with Crippen LogP contribution in [0.25, 0.3) is 26.9 Å². The summed E-state index contributed by atoms with van der Waals surface area (Å²) in [5, 5.41) is 1.05. The van der Waals surface area contributed by atoms with Gasteiger partial charge < -0.3 is 19.8 Å². The number of nitrogens with zero attached hydrogens (tertiary/aromatic N) is 2. The number of methoxy groups -OCH3 is 1. The molecule has 0 saturated heterocycles. The van der Waals surface area contributed by atoms with Crippen molar-refractivity contribution in [1.29, 1.82) is 0 Å². The SMILES string of the molecule is [C-]#[N+]c1ccc2c(c1)c(-c1cccc(N)c1)cn2Cc1ccc(OCCOC)cc1. The normalized spacial score (nSPS) is 10.8. The minimum atomic E-state index is 0.533. The maximum Gasteiger partial charge on any atom is 0.188 e. The van der Waals surface area contributed by atoms with Crippen LogP contribution in [-0.4, -0.2) is 24.9 Å². The van der Waals surface area contributed by atoms with Crippen LogP contribution in [0.3, 0.4) is 0 Å². The van der Waals surface area contributed by atoms with Gasteiger partial charge in [-0.2, -0.15) is 0 Å². The molecule has 5 nitrogen and oxygen atoms in total. The summed E-state index contributed by atoms with van der Waals surface area (Å²) in [5.74, 6) is 0.829. The molecule has 4 aromatic rings. The summed E-state index contributed by atoms with van der Waals surface area (Å²) in [6.45, 7) is 9.19. The van der Waals surface area contributed by atoms with Gasteiger partial charge in [0, 0.05) is 36.6 Å². The number of ether oxygens (including phenoxy) is 2. The first-order valence-corrected chi connectivity index (χ1v) is 9.75. The first kappa shape index (κ1) is 19.6. The average molecular weight is 397 g/mol. The van der Waals surface area contributed by atoms with E-state index in [4.69, 9.17) is 21.8 Å². The van der Waals surface area contributed by atoms with Crippen LogP contribution in [0.2, 0.25) is 0 Å². The van der Waals surface area contributed by atoms with Crippen LogP contribution in [0.15, 0.2) is 72.9 Å². The number of anilines is 1. The minimum absolute atomic E-state index is 0.533. The molecule has 0 saturated carbocycles. The van der Waals surface area contributed by atoms with Crippen molar-refractivity contribution in [2.75, 3.05) is 26.1 Å². The molecule has 4 rings (SSSR count). The van der Waals surface area contributed by atoms with Gasteiger partial charge in [-0.1, -0.05) is 30.3 Å². The fraction of sp³-hybridized carbons (Fsp3) is 0.160. The molecule has 0 bridgehead atoms. The van der Waals surface area contributed by atoms with E-state index in [-0.39, 0.29) is 0 Å². The third-order valence-electron chi connectivity index (χ3n) is 5.02. The van der Waals surface area contributed by atoms with Crippen molar-refractivity contribution in [1.82, 2.24) is 4.57 Å². The molecule has 150 valence electrons. The Kier molecular flexibility index (Phi) is 5.69. The van der Waals surface area contributed by atoms with Crippen LogP contribution >= 0.6 is 0 Å². The molecule has 30 heavy (non-hydrogen) atoms. The number of nitrogens with two attached hydrogens (primary N) is 1. The van der Waals surface area contributed by atoms with Crippen LogP contribution in [0.4, 0.5) is 11.4 Å². The summed E-state index contributed by atoms with van der Waals surface area (Å²) in [5.41, 5.74) is 11.7. The van der Waals surface area contributed by atoms with Crippen LogP contribution < -0.4 is 10.5 Å². The van der Waals surface area contributed by atoms with E-state index >= 15 is 0 Å². The quantitative estimate of drug-likeness (QED) is 0.254. The molecule has 0 unspecified atom stereocenters. The first-order chi connectivity index (χ1) is 14.7. The second kappa shape index (κ2) is 8.73. The number of hydrogen-bond acceptors (Lipinski definition) is 3. The van der Waals surface area contributed by atoms with Gasteiger partial charge in [0.25, 0.3) is 0 Å². The fourth-order valence-electron chi connectivity index (χ4n) is 3.55. The molecule has 5 heteroatoms. The largest absolute Gasteiger partial charge is 0.491 e. The Bertz CT molecular complexity index is 1200. The molecule has 0 aliphatic rings. The molecular weight excluding hydrogens is 374 g/mol. The van der Waals surface area contributed by atoms with Crippen molar-refractivity contribution in [2.24, 2.45) is 0 Å². The highest BCUT2D eigenvalue weighted by molar-refractivity contribution is 5.98. The molecule has 0 atom stereocenters. The highest BCUT2D eigenvalue weighted by Crippen LogP contribution is 2.34. The van der Waals surface area contributed by atoms with Gasteiger partial charge in [0.05, 0.1) is 13.2 Å². The Hall–Kier alpha value is -3.75. The smallest absolute Gasteiger partial charge is 0.188 e. The molecule has 0 radical (unpaired) electrons. The van der Waals surface area contributed by atoms with Crippen LogP contribution in [0.1, 0.15) is 5.56 Å².